The second kappa shape index (κ2) is 5.58. The molecule has 2 aromatic carbocycles. The molecule has 0 spiro atoms. The van der Waals surface area contributed by atoms with E-state index in [1.54, 1.807) is 30.3 Å². The summed E-state index contributed by atoms with van der Waals surface area (Å²) in [7, 11) is 1.53. The number of rotatable bonds is 2. The smallest absolute Gasteiger partial charge is 0.139 e. The molecule has 0 saturated carbocycles. The van der Waals surface area contributed by atoms with Crippen LogP contribution in [0.15, 0.2) is 30.3 Å². The van der Waals surface area contributed by atoms with E-state index in [9.17, 15) is 0 Å². The lowest BCUT2D eigenvalue weighted by Crippen LogP contribution is -1.87. The molecule has 0 aliphatic carbocycles. The summed E-state index contributed by atoms with van der Waals surface area (Å²) in [5.74, 6) is 0.510. The molecule has 5 heteroatoms. The van der Waals surface area contributed by atoms with Gasteiger partial charge in [0.1, 0.15) is 10.8 Å². The van der Waals surface area contributed by atoms with Crippen LogP contribution in [0.1, 0.15) is 0 Å². The van der Waals surface area contributed by atoms with Crippen LogP contribution in [0.25, 0.3) is 11.1 Å². The second-order valence-electron chi connectivity index (χ2n) is 3.63. The first-order valence-corrected chi connectivity index (χ1v) is 6.52. The minimum Gasteiger partial charge on any atom is -0.495 e. The lowest BCUT2D eigenvalue weighted by atomic mass is 11.0. The number of halogens is 4. The fourth-order valence-electron chi connectivity index (χ4n) is 1.60. The summed E-state index contributed by atoms with van der Waals surface area (Å²) in [6.07, 6.45) is 0. The van der Waals surface area contributed by atoms with E-state index in [1.165, 1.54) is 7.11 Å². The topological polar surface area (TPSA) is 9.23 Å². The SMILES string of the molecule is CO[13c]1[13cH][13c](-[13c]2[13cH][13c](Cl)[13cH][13c](Cl)[13cH]2)[13cH][13c](Cl)[13c]1Cl. The minimum absolute atomic E-state index is 0.385. The highest BCUT2D eigenvalue weighted by Gasteiger charge is 2.10. The van der Waals surface area contributed by atoms with Crippen LogP contribution < -0.4 is 4.74 Å². The number of ether oxygens (including phenoxy) is 1. The third-order valence-electron chi connectivity index (χ3n) is 2.41. The Balaban J connectivity index is 2.60. The predicted octanol–water partition coefficient (Wildman–Crippen LogP) is 5.98. The van der Waals surface area contributed by atoms with E-state index in [0.29, 0.717) is 25.8 Å². The van der Waals surface area contributed by atoms with Gasteiger partial charge in [-0.2, -0.15) is 0 Å². The molecule has 0 heterocycles. The molecule has 0 N–H and O–H groups in total. The third kappa shape index (κ3) is 2.86. The third-order valence-corrected chi connectivity index (χ3v) is 3.63. The van der Waals surface area contributed by atoms with Gasteiger partial charge in [0.25, 0.3) is 0 Å². The number of hydrogen-bond donors (Lipinski definition) is 0. The van der Waals surface area contributed by atoms with Crippen molar-refractivity contribution in [2.75, 3.05) is 7.11 Å². The average molecular weight is 334 g/mol. The van der Waals surface area contributed by atoms with Crippen LogP contribution in [-0.4, -0.2) is 7.11 Å². The molecule has 0 atom stereocenters. The highest BCUT2D eigenvalue weighted by Crippen LogP contribution is 2.38. The van der Waals surface area contributed by atoms with Crippen molar-refractivity contribution < 1.29 is 4.74 Å². The van der Waals surface area contributed by atoms with Crippen molar-refractivity contribution >= 4 is 46.4 Å². The molecule has 0 fully saturated rings. The molecule has 0 saturated heterocycles. The Kier molecular flexibility index (Phi) is 4.29. The Labute approximate surface area is 125 Å². The lowest BCUT2D eigenvalue weighted by molar-refractivity contribution is 0.415. The Hall–Kier alpha value is -0.600. The monoisotopic (exact) mass is 332 g/mol. The number of benzene rings is 2. The average Bonchev–Trinajstić information content (AvgIpc) is 2.31. The van der Waals surface area contributed by atoms with Gasteiger partial charge in [0.15, 0.2) is 0 Å². The van der Waals surface area contributed by atoms with Crippen LogP contribution in [0, 0.1) is 0 Å². The van der Waals surface area contributed by atoms with E-state index in [4.69, 9.17) is 51.1 Å². The fourth-order valence-corrected chi connectivity index (χ4v) is 2.52. The summed E-state index contributed by atoms with van der Waals surface area (Å²) < 4.78 is 5.17. The fraction of sp³-hybridized carbons (Fsp3) is 0.0769. The van der Waals surface area contributed by atoms with Gasteiger partial charge < -0.3 is 4.74 Å². The molecule has 2 rings (SSSR count). The molecule has 94 valence electrons. The Bertz CT molecular complexity index is 576. The molecule has 0 aromatic heterocycles. The van der Waals surface area contributed by atoms with Gasteiger partial charge in [-0.1, -0.05) is 46.4 Å². The van der Waals surface area contributed by atoms with Crippen molar-refractivity contribution in [1.82, 2.24) is 0 Å². The van der Waals surface area contributed by atoms with Gasteiger partial charge in [-0.3, -0.25) is 0 Å². The summed E-state index contributed by atoms with van der Waals surface area (Å²) in [4.78, 5) is 0. The second-order valence-corrected chi connectivity index (χ2v) is 5.29. The maximum absolute atomic E-state index is 6.05. The largest absolute Gasteiger partial charge is 0.495 e. The molecule has 0 radical (unpaired) electrons. The Morgan fingerprint density at radius 2 is 1.33 bits per heavy atom. The van der Waals surface area contributed by atoms with E-state index in [0.717, 1.165) is 11.1 Å². The van der Waals surface area contributed by atoms with Crippen molar-refractivity contribution in [1.29, 1.82) is 0 Å². The zero-order valence-electron chi connectivity index (χ0n) is 9.31. The van der Waals surface area contributed by atoms with Crippen LogP contribution in [0.2, 0.25) is 20.1 Å². The van der Waals surface area contributed by atoms with Crippen molar-refractivity contribution in [3.05, 3.63) is 50.4 Å². The van der Waals surface area contributed by atoms with Gasteiger partial charge in [0, 0.05) is 10.0 Å². The van der Waals surface area contributed by atoms with Crippen molar-refractivity contribution in [2.24, 2.45) is 0 Å². The highest BCUT2D eigenvalue weighted by atomic mass is 35.5. The van der Waals surface area contributed by atoms with Gasteiger partial charge in [-0.25, -0.2) is 0 Å². The van der Waals surface area contributed by atoms with Crippen molar-refractivity contribution in [3.8, 4) is 16.9 Å². The summed E-state index contributed by atoms with van der Waals surface area (Å²) in [6.45, 7) is 0. The first kappa shape index (κ1) is 13.8. The Morgan fingerprint density at radius 3 is 1.89 bits per heavy atom. The Morgan fingerprint density at radius 1 is 0.778 bits per heavy atom. The molecule has 18 heavy (non-hydrogen) atoms. The van der Waals surface area contributed by atoms with Gasteiger partial charge in [0.2, 0.25) is 0 Å². The maximum atomic E-state index is 6.05. The quantitative estimate of drug-likeness (QED) is 0.657. The van der Waals surface area contributed by atoms with Crippen LogP contribution in [-0.2, 0) is 0 Å². The standard InChI is InChI=1S/C13H8Cl4O/c1-18-12-5-8(4-11(16)13(12)17)7-2-9(14)6-10(15)3-7/h2-6H,1H3/i2+1,3+1,4+1,5+1,6+1,7+1,8+1,9+1,10+1,11+1,12+1,13+1. The van der Waals surface area contributed by atoms with Crippen LogP contribution in [0.5, 0.6) is 5.75 Å². The first-order valence-electron chi connectivity index (χ1n) is 5.01. The molecule has 2 aromatic rings. The van der Waals surface area contributed by atoms with E-state index in [-0.39, 0.29) is 0 Å². The van der Waals surface area contributed by atoms with Gasteiger partial charge in [-0.15, -0.1) is 0 Å². The van der Waals surface area contributed by atoms with Crippen LogP contribution >= 0.6 is 46.4 Å². The summed E-state index contributed by atoms with van der Waals surface area (Å²) >= 11 is 24.0. The normalized spacial score (nSPS) is 10.5. The molecule has 0 amide bonds. The molecule has 0 aliphatic rings. The van der Waals surface area contributed by atoms with Gasteiger partial charge in [0.05, 0.1) is 12.1 Å². The maximum Gasteiger partial charge on any atom is 0.139 e. The molecule has 0 aliphatic heterocycles. The summed E-state index contributed by atoms with van der Waals surface area (Å²) in [5.41, 5.74) is 1.69. The van der Waals surface area contributed by atoms with Crippen LogP contribution in [0.4, 0.5) is 0 Å². The predicted molar refractivity (Wildman–Crippen MR) is 78.5 cm³/mol. The molecule has 0 bridgehead atoms. The zero-order chi connectivity index (χ0) is 13.3. The van der Waals surface area contributed by atoms with Crippen LogP contribution in [0.3, 0.4) is 0 Å². The van der Waals surface area contributed by atoms with E-state index in [1.807, 2.05) is 0 Å². The molecular formula is C13H8Cl4O. The zero-order valence-corrected chi connectivity index (χ0v) is 12.3. The van der Waals surface area contributed by atoms with Crippen molar-refractivity contribution in [2.45, 2.75) is 0 Å². The summed E-state index contributed by atoms with van der Waals surface area (Å²) in [5, 5.41) is 1.92. The molecule has 0 unspecified atom stereocenters. The molecular weight excluding hydrogens is 326 g/mol. The van der Waals surface area contributed by atoms with Gasteiger partial charge in [-0.05, 0) is 41.5 Å². The van der Waals surface area contributed by atoms with Crippen molar-refractivity contribution in [3.63, 3.8) is 0 Å². The highest BCUT2D eigenvalue weighted by molar-refractivity contribution is 6.43. The lowest BCUT2D eigenvalue weighted by Gasteiger charge is -2.09. The van der Waals surface area contributed by atoms with E-state index >= 15 is 0 Å². The summed E-state index contributed by atoms with van der Waals surface area (Å²) in [6, 6.07) is 8.80. The first-order chi connectivity index (χ1) is 8.51. The molecule has 1 nitrogen and oxygen atoms in total. The number of methoxy groups -OCH3 is 1. The number of hydrogen-bond acceptors (Lipinski definition) is 1. The minimum atomic E-state index is 0.385. The van der Waals surface area contributed by atoms with E-state index in [2.05, 4.69) is 0 Å². The van der Waals surface area contributed by atoms with E-state index < -0.39 is 0 Å². The van der Waals surface area contributed by atoms with Gasteiger partial charge >= 0.3 is 0 Å².